The maximum Gasteiger partial charge on any atom is 0.223 e. The summed E-state index contributed by atoms with van der Waals surface area (Å²) in [5.74, 6) is 0.0518. The summed E-state index contributed by atoms with van der Waals surface area (Å²) in [6.45, 7) is 16.1. The number of aromatic nitrogens is 2. The molecule has 50 heavy (non-hydrogen) atoms. The Morgan fingerprint density at radius 3 is 2.08 bits per heavy atom. The van der Waals surface area contributed by atoms with Crippen molar-refractivity contribution in [2.24, 2.45) is 10.8 Å². The fraction of sp³-hybridized carbons (Fsp3) is 0.386. The number of hydrogen-bond acceptors (Lipinski definition) is 5. The van der Waals surface area contributed by atoms with Crippen molar-refractivity contribution in [1.29, 1.82) is 0 Å². The fourth-order valence-corrected chi connectivity index (χ4v) is 6.26. The molecule has 0 saturated heterocycles. The number of hydrogen-bond donors (Lipinski definition) is 1. The van der Waals surface area contributed by atoms with Crippen LogP contribution < -0.4 is 0 Å². The Hall–Kier alpha value is -3.86. The summed E-state index contributed by atoms with van der Waals surface area (Å²) in [4.78, 5) is 21.1. The largest absolute Gasteiger partial charge is 0.512 e. The van der Waals surface area contributed by atoms with Crippen LogP contribution in [-0.2, 0) is 30.3 Å². The number of allylic oxidation sites excluding steroid dienone is 2. The number of carbonyl (C=O) groups excluding carboxylic acids is 1. The van der Waals surface area contributed by atoms with Crippen molar-refractivity contribution in [3.8, 4) is 11.3 Å². The number of rotatable bonds is 8. The normalized spacial score (nSPS) is 13.8. The first-order valence-electron chi connectivity index (χ1n) is 18.9. The van der Waals surface area contributed by atoms with Crippen LogP contribution in [0.5, 0.6) is 0 Å². The Balaban J connectivity index is 0.000000299. The van der Waals surface area contributed by atoms with Crippen LogP contribution in [0.3, 0.4) is 0 Å². The second-order valence-corrected chi connectivity index (χ2v) is 14.7. The molecule has 0 saturated carbocycles. The molecule has 2 heterocycles. The van der Waals surface area contributed by atoms with Gasteiger partial charge in [0, 0.05) is 63.0 Å². The maximum atomic E-state index is 12.2. The Morgan fingerprint density at radius 1 is 0.840 bits per heavy atom. The zero-order valence-corrected chi connectivity index (χ0v) is 33.1. The van der Waals surface area contributed by atoms with E-state index in [9.17, 15) is 9.90 Å². The van der Waals surface area contributed by atoms with Gasteiger partial charge < -0.3 is 9.52 Å². The summed E-state index contributed by atoms with van der Waals surface area (Å²) in [5.41, 5.74) is 2.58. The summed E-state index contributed by atoms with van der Waals surface area (Å²) >= 11 is 0. The third-order valence-corrected chi connectivity index (χ3v) is 10.7. The van der Waals surface area contributed by atoms with E-state index in [4.69, 9.17) is 8.53 Å². The van der Waals surface area contributed by atoms with Gasteiger partial charge in [0.2, 0.25) is 5.71 Å². The monoisotopic (exact) mass is 851 g/mol. The van der Waals surface area contributed by atoms with Gasteiger partial charge in [0.15, 0.2) is 5.78 Å². The van der Waals surface area contributed by atoms with E-state index >= 15 is 0 Å². The van der Waals surface area contributed by atoms with Gasteiger partial charge in [0.25, 0.3) is 0 Å². The van der Waals surface area contributed by atoms with Crippen LogP contribution in [-0.4, -0.2) is 20.9 Å². The van der Waals surface area contributed by atoms with Crippen LogP contribution in [0.4, 0.5) is 0 Å². The van der Waals surface area contributed by atoms with Gasteiger partial charge in [0.1, 0.15) is 17.2 Å². The second kappa shape index (κ2) is 15.2. The quantitative estimate of drug-likeness (QED) is 0.0938. The summed E-state index contributed by atoms with van der Waals surface area (Å²) in [6.07, 6.45) is 4.75. The third kappa shape index (κ3) is 7.43. The molecule has 0 aliphatic heterocycles. The van der Waals surface area contributed by atoms with Crippen molar-refractivity contribution in [2.75, 3.05) is 0 Å². The number of ketones is 1. The van der Waals surface area contributed by atoms with Crippen molar-refractivity contribution in [3.63, 3.8) is 0 Å². The average molecular weight is 851 g/mol. The molecule has 1 N–H and O–H groups in total. The number of nitrogens with zero attached hydrogens (tertiary/aromatic N) is 2. The molecule has 0 aliphatic carbocycles. The van der Waals surface area contributed by atoms with E-state index < -0.39 is 6.85 Å². The van der Waals surface area contributed by atoms with Crippen molar-refractivity contribution in [3.05, 3.63) is 96.0 Å². The van der Waals surface area contributed by atoms with Crippen LogP contribution in [0.2, 0.25) is 0 Å². The Labute approximate surface area is 315 Å². The van der Waals surface area contributed by atoms with Gasteiger partial charge in [-0.3, -0.25) is 9.78 Å². The summed E-state index contributed by atoms with van der Waals surface area (Å²) in [7, 11) is 0. The molecule has 0 fully saturated rings. The first-order chi connectivity index (χ1) is 24.4. The van der Waals surface area contributed by atoms with Crippen molar-refractivity contribution in [1.82, 2.24) is 9.97 Å². The van der Waals surface area contributed by atoms with Gasteiger partial charge in [-0.1, -0.05) is 128 Å². The molecule has 265 valence electrons. The fourth-order valence-electron chi connectivity index (χ4n) is 6.26. The van der Waals surface area contributed by atoms with Gasteiger partial charge in [0.05, 0.1) is 0 Å². The Kier molecular flexibility index (Phi) is 10.5. The van der Waals surface area contributed by atoms with Crippen LogP contribution in [0, 0.1) is 23.7 Å². The van der Waals surface area contributed by atoms with Gasteiger partial charge >= 0.3 is 0 Å². The topological polar surface area (TPSA) is 76.2 Å². The predicted octanol–water partition coefficient (Wildman–Crippen LogP) is 12.4. The van der Waals surface area contributed by atoms with Gasteiger partial charge in [-0.05, 0) is 43.3 Å². The van der Waals surface area contributed by atoms with E-state index in [1.165, 1.54) is 6.08 Å². The smallest absolute Gasteiger partial charge is 0.223 e. The summed E-state index contributed by atoms with van der Waals surface area (Å²) in [6, 6.07) is 25.7. The molecule has 0 amide bonds. The molecule has 0 aliphatic rings. The molecule has 6 aromatic rings. The van der Waals surface area contributed by atoms with E-state index in [-0.39, 0.29) is 59.4 Å². The van der Waals surface area contributed by atoms with Crippen LogP contribution in [0.15, 0.2) is 83.0 Å². The molecule has 1 radical (unpaired) electrons. The van der Waals surface area contributed by atoms with Crippen LogP contribution >= 0.6 is 0 Å². The molecule has 4 aromatic carbocycles. The number of aliphatic hydroxyl groups excluding tert-OH is 1. The van der Waals surface area contributed by atoms with Crippen LogP contribution in [0.1, 0.15) is 103 Å². The molecule has 6 heteroatoms. The predicted molar refractivity (Wildman–Crippen MR) is 205 cm³/mol. The van der Waals surface area contributed by atoms with Crippen LogP contribution in [0.25, 0.3) is 54.9 Å². The standard InChI is InChI=1S/C29H23N2O.C15H28O2.Ir/c1-17-30-26(20-15-19-10-6-7-11-21(19)24(16-20)29(2,3)4)25-23-14-13-18-9-5-8-12-22(18)27(23)32-28(25)31-17;1-7-14(5,8-2)12(16)11-13(17)15(6,9-3)10-4;/h5-14,16H,1-4H3;11,16H,7-10H2,1-6H3;/q-1;;/b;12-11-;/i1D3;;. The number of furan rings is 1. The maximum absolute atomic E-state index is 12.2. The first kappa shape index (κ1) is 34.6. The molecule has 0 atom stereocenters. The minimum atomic E-state index is -2.48. The van der Waals surface area contributed by atoms with Gasteiger partial charge in [-0.15, -0.1) is 29.1 Å². The van der Waals surface area contributed by atoms with Crippen molar-refractivity contribution in [2.45, 2.75) is 100 Å². The Bertz CT molecular complexity index is 2290. The van der Waals surface area contributed by atoms with Gasteiger partial charge in [-0.25, -0.2) is 0 Å². The first-order valence-corrected chi connectivity index (χ1v) is 17.4. The minimum Gasteiger partial charge on any atom is -0.512 e. The Morgan fingerprint density at radius 2 is 1.46 bits per heavy atom. The summed E-state index contributed by atoms with van der Waals surface area (Å²) < 4.78 is 30.2. The number of aryl methyl sites for hydroxylation is 1. The zero-order valence-electron chi connectivity index (χ0n) is 33.7. The molecule has 6 rings (SSSR count). The number of fused-ring (bicyclic) bond motifs is 6. The molecule has 0 unspecified atom stereocenters. The number of aliphatic hydroxyl groups is 1. The van der Waals surface area contributed by atoms with E-state index in [0.29, 0.717) is 16.7 Å². The minimum absolute atomic E-state index is 0. The second-order valence-electron chi connectivity index (χ2n) is 14.7. The zero-order chi connectivity index (χ0) is 38.2. The molecule has 5 nitrogen and oxygen atoms in total. The van der Waals surface area contributed by atoms with Crippen molar-refractivity contribution < 1.29 is 38.5 Å². The van der Waals surface area contributed by atoms with Crippen molar-refractivity contribution >= 4 is 49.4 Å². The van der Waals surface area contributed by atoms with Gasteiger partial charge in [-0.2, -0.15) is 4.98 Å². The van der Waals surface area contributed by atoms with E-state index in [0.717, 1.165) is 63.7 Å². The molecule has 0 bridgehead atoms. The molecule has 0 spiro atoms. The average Bonchev–Trinajstić information content (AvgIpc) is 3.52. The molecular weight excluding hydrogens is 797 g/mol. The third-order valence-electron chi connectivity index (χ3n) is 10.7. The van der Waals surface area contributed by atoms with E-state index in [1.54, 1.807) is 0 Å². The molecular formula is C44H51IrN2O3-. The number of carbonyl (C=O) groups is 1. The van der Waals surface area contributed by atoms with E-state index in [2.05, 4.69) is 48.9 Å². The molecule has 2 aromatic heterocycles. The summed E-state index contributed by atoms with van der Waals surface area (Å²) in [5, 5.41) is 15.7. The SMILES string of the molecule is CCC(C)(CC)C(=O)/C=C(\O)C(C)(CC)CC.[2H]C([2H])([2H])c1nc(-c2[c-]c3ccccc3c(C(C)(C)C)c2)c2c(n1)oc1c3ccccc3ccc12.[Ir]. The number of benzene rings is 4. The van der Waals surface area contributed by atoms with E-state index in [1.807, 2.05) is 96.1 Å².